The molecule has 7 heteroatoms. The van der Waals surface area contributed by atoms with Crippen molar-refractivity contribution in [2.45, 2.75) is 19.8 Å². The molecule has 0 spiro atoms. The minimum absolute atomic E-state index is 0.0933. The Morgan fingerprint density at radius 3 is 2.42 bits per heavy atom. The lowest BCUT2D eigenvalue weighted by Gasteiger charge is -2.32. The number of nitrogens with zero attached hydrogens (tertiary/aromatic N) is 5. The number of aromatic nitrogens is 3. The molecule has 0 radical (unpaired) electrons. The van der Waals surface area contributed by atoms with Gasteiger partial charge in [0.25, 0.3) is 5.91 Å². The van der Waals surface area contributed by atoms with Gasteiger partial charge in [0.15, 0.2) is 5.65 Å². The highest BCUT2D eigenvalue weighted by Crippen LogP contribution is 2.27. The van der Waals surface area contributed by atoms with E-state index in [1.54, 1.807) is 6.20 Å². The van der Waals surface area contributed by atoms with Crippen LogP contribution >= 0.6 is 0 Å². The molecule has 5 rings (SSSR count). The van der Waals surface area contributed by atoms with E-state index in [1.807, 2.05) is 41.1 Å². The summed E-state index contributed by atoms with van der Waals surface area (Å²) in [5.74, 6) is 0.361. The number of hydrogen-bond acceptors (Lipinski definition) is 5. The average molecular weight is 483 g/mol. The number of hydrogen-bond donors (Lipinski definition) is 1. The van der Waals surface area contributed by atoms with Crippen molar-refractivity contribution < 1.29 is 4.79 Å². The minimum atomic E-state index is -0.0933. The molecule has 0 atom stereocenters. The Bertz CT molecular complexity index is 1320. The lowest BCUT2D eigenvalue weighted by atomic mass is 10.00. The SMILES string of the molecule is CC(C)c1ccc(-c2cc(C(=O)NCCN3CCN(C)CC3)c3cnn(-c4ccccc4)c3n2)cc1. The van der Waals surface area contributed by atoms with Crippen molar-refractivity contribution in [3.05, 3.63) is 78.0 Å². The fourth-order valence-electron chi connectivity index (χ4n) is 4.63. The van der Waals surface area contributed by atoms with Gasteiger partial charge in [0.05, 0.1) is 28.5 Å². The molecule has 186 valence electrons. The van der Waals surface area contributed by atoms with Crippen molar-refractivity contribution in [1.29, 1.82) is 0 Å². The molecule has 0 unspecified atom stereocenters. The predicted molar refractivity (Wildman–Crippen MR) is 145 cm³/mol. The highest BCUT2D eigenvalue weighted by molar-refractivity contribution is 6.06. The number of piperazine rings is 1. The van der Waals surface area contributed by atoms with E-state index in [0.717, 1.165) is 55.1 Å². The maximum Gasteiger partial charge on any atom is 0.252 e. The number of fused-ring (bicyclic) bond motifs is 1. The fraction of sp³-hybridized carbons (Fsp3) is 0.345. The first-order chi connectivity index (χ1) is 17.5. The Balaban J connectivity index is 1.47. The minimum Gasteiger partial charge on any atom is -0.351 e. The number of carbonyl (C=O) groups excluding carboxylic acids is 1. The summed E-state index contributed by atoms with van der Waals surface area (Å²) in [6.45, 7) is 10.0. The average Bonchev–Trinajstić information content (AvgIpc) is 3.34. The van der Waals surface area contributed by atoms with Crippen LogP contribution in [0.5, 0.6) is 0 Å². The Hall–Kier alpha value is -3.55. The summed E-state index contributed by atoms with van der Waals surface area (Å²) in [5.41, 5.74) is 5.21. The van der Waals surface area contributed by atoms with E-state index in [0.29, 0.717) is 23.7 Å². The summed E-state index contributed by atoms with van der Waals surface area (Å²) in [6.07, 6.45) is 1.75. The number of nitrogens with one attached hydrogen (secondary N) is 1. The third kappa shape index (κ3) is 5.17. The highest BCUT2D eigenvalue weighted by atomic mass is 16.1. The lowest BCUT2D eigenvalue weighted by molar-refractivity contribution is 0.0942. The zero-order valence-corrected chi connectivity index (χ0v) is 21.3. The molecule has 2 aromatic heterocycles. The lowest BCUT2D eigenvalue weighted by Crippen LogP contribution is -2.46. The number of rotatable bonds is 7. The first kappa shape index (κ1) is 24.2. The van der Waals surface area contributed by atoms with Crippen LogP contribution in [-0.2, 0) is 0 Å². The number of para-hydroxylation sites is 1. The number of benzene rings is 2. The van der Waals surface area contributed by atoms with Crippen molar-refractivity contribution >= 4 is 16.9 Å². The standard InChI is InChI=1S/C29H34N6O/c1-21(2)22-9-11-23(12-10-22)27-19-25(29(36)30-13-14-34-17-15-33(3)16-18-34)26-20-31-35(28(26)32-27)24-7-5-4-6-8-24/h4-12,19-21H,13-18H2,1-3H3,(H,30,36). The summed E-state index contributed by atoms with van der Waals surface area (Å²) in [5, 5.41) is 8.49. The van der Waals surface area contributed by atoms with Gasteiger partial charge in [-0.05, 0) is 36.7 Å². The molecule has 3 heterocycles. The van der Waals surface area contributed by atoms with Crippen LogP contribution in [-0.4, -0.2) is 76.8 Å². The van der Waals surface area contributed by atoms with Crippen LogP contribution in [0, 0.1) is 0 Å². The molecular weight excluding hydrogens is 448 g/mol. The van der Waals surface area contributed by atoms with Gasteiger partial charge in [-0.1, -0.05) is 56.3 Å². The molecule has 1 amide bonds. The topological polar surface area (TPSA) is 66.3 Å². The van der Waals surface area contributed by atoms with E-state index >= 15 is 0 Å². The van der Waals surface area contributed by atoms with Gasteiger partial charge in [0, 0.05) is 44.8 Å². The largest absolute Gasteiger partial charge is 0.351 e. The molecule has 1 aliphatic heterocycles. The molecule has 7 nitrogen and oxygen atoms in total. The second-order valence-electron chi connectivity index (χ2n) is 9.86. The van der Waals surface area contributed by atoms with Gasteiger partial charge < -0.3 is 10.2 Å². The molecule has 0 bridgehead atoms. The molecular formula is C29H34N6O. The first-order valence-corrected chi connectivity index (χ1v) is 12.7. The van der Waals surface area contributed by atoms with Gasteiger partial charge in [-0.3, -0.25) is 9.69 Å². The Morgan fingerprint density at radius 1 is 1.00 bits per heavy atom. The maximum absolute atomic E-state index is 13.4. The van der Waals surface area contributed by atoms with E-state index in [1.165, 1.54) is 5.56 Å². The quantitative estimate of drug-likeness (QED) is 0.428. The summed E-state index contributed by atoms with van der Waals surface area (Å²) >= 11 is 0. The Kier molecular flexibility index (Phi) is 7.11. The van der Waals surface area contributed by atoms with Gasteiger partial charge in [-0.2, -0.15) is 5.10 Å². The van der Waals surface area contributed by atoms with Gasteiger partial charge >= 0.3 is 0 Å². The van der Waals surface area contributed by atoms with Crippen LogP contribution in [0.1, 0.15) is 35.7 Å². The molecule has 2 aromatic carbocycles. The van der Waals surface area contributed by atoms with Crippen LogP contribution < -0.4 is 5.32 Å². The number of likely N-dealkylation sites (N-methyl/N-ethyl adjacent to an activating group) is 1. The Morgan fingerprint density at radius 2 is 1.72 bits per heavy atom. The summed E-state index contributed by atoms with van der Waals surface area (Å²) in [6, 6.07) is 20.3. The van der Waals surface area contributed by atoms with Crippen LogP contribution in [0.15, 0.2) is 66.9 Å². The predicted octanol–water partition coefficient (Wildman–Crippen LogP) is 4.19. The zero-order chi connectivity index (χ0) is 25.1. The van der Waals surface area contributed by atoms with Gasteiger partial charge in [0.2, 0.25) is 0 Å². The van der Waals surface area contributed by atoms with E-state index in [4.69, 9.17) is 4.98 Å². The van der Waals surface area contributed by atoms with E-state index < -0.39 is 0 Å². The molecule has 1 fully saturated rings. The molecule has 0 aliphatic carbocycles. The van der Waals surface area contributed by atoms with Crippen molar-refractivity contribution in [3.8, 4) is 16.9 Å². The van der Waals surface area contributed by atoms with Crippen LogP contribution in [0.25, 0.3) is 28.0 Å². The third-order valence-corrected chi connectivity index (χ3v) is 6.97. The number of carbonyl (C=O) groups is 1. The third-order valence-electron chi connectivity index (χ3n) is 6.97. The monoisotopic (exact) mass is 482 g/mol. The molecule has 1 saturated heterocycles. The van der Waals surface area contributed by atoms with Crippen LogP contribution in [0.4, 0.5) is 0 Å². The highest BCUT2D eigenvalue weighted by Gasteiger charge is 2.19. The normalized spacial score (nSPS) is 15.0. The van der Waals surface area contributed by atoms with E-state index in [-0.39, 0.29) is 5.91 Å². The van der Waals surface area contributed by atoms with Crippen molar-refractivity contribution in [2.24, 2.45) is 0 Å². The van der Waals surface area contributed by atoms with Gasteiger partial charge in [-0.25, -0.2) is 9.67 Å². The fourth-order valence-corrected chi connectivity index (χ4v) is 4.63. The van der Waals surface area contributed by atoms with E-state index in [2.05, 4.69) is 65.4 Å². The van der Waals surface area contributed by atoms with Crippen LogP contribution in [0.2, 0.25) is 0 Å². The molecule has 4 aromatic rings. The summed E-state index contributed by atoms with van der Waals surface area (Å²) in [4.78, 5) is 23.1. The molecule has 0 saturated carbocycles. The second kappa shape index (κ2) is 10.6. The van der Waals surface area contributed by atoms with Crippen molar-refractivity contribution in [3.63, 3.8) is 0 Å². The number of amides is 1. The smallest absolute Gasteiger partial charge is 0.252 e. The summed E-state index contributed by atoms with van der Waals surface area (Å²) < 4.78 is 1.81. The van der Waals surface area contributed by atoms with Crippen molar-refractivity contribution in [2.75, 3.05) is 46.3 Å². The van der Waals surface area contributed by atoms with Gasteiger partial charge in [0.1, 0.15) is 0 Å². The zero-order valence-electron chi connectivity index (χ0n) is 21.3. The first-order valence-electron chi connectivity index (χ1n) is 12.7. The second-order valence-corrected chi connectivity index (χ2v) is 9.86. The van der Waals surface area contributed by atoms with Crippen molar-refractivity contribution in [1.82, 2.24) is 29.9 Å². The molecule has 1 aliphatic rings. The van der Waals surface area contributed by atoms with Crippen LogP contribution in [0.3, 0.4) is 0 Å². The summed E-state index contributed by atoms with van der Waals surface area (Å²) in [7, 11) is 2.15. The Labute approximate surface area is 212 Å². The van der Waals surface area contributed by atoms with Gasteiger partial charge in [-0.15, -0.1) is 0 Å². The molecule has 36 heavy (non-hydrogen) atoms. The number of pyridine rings is 1. The van der Waals surface area contributed by atoms with E-state index in [9.17, 15) is 4.79 Å². The molecule has 1 N–H and O–H groups in total. The maximum atomic E-state index is 13.4.